The first-order chi connectivity index (χ1) is 9.22. The van der Waals surface area contributed by atoms with Gasteiger partial charge in [-0.25, -0.2) is 0 Å². The van der Waals surface area contributed by atoms with E-state index in [9.17, 15) is 0 Å². The van der Waals surface area contributed by atoms with Gasteiger partial charge in [0, 0.05) is 31.9 Å². The first-order valence-corrected chi connectivity index (χ1v) is 6.96. The molecule has 96 valence electrons. The van der Waals surface area contributed by atoms with E-state index in [1.165, 1.54) is 11.0 Å². The van der Waals surface area contributed by atoms with Crippen molar-refractivity contribution < 1.29 is 4.74 Å². The SMILES string of the molecule is Clc1ccc2c(c1)c1cc(Cl)ccc1n2C[C@H]1CO1. The first-order valence-electron chi connectivity index (χ1n) is 6.21. The first kappa shape index (κ1) is 11.6. The van der Waals surface area contributed by atoms with Gasteiger partial charge in [0.15, 0.2) is 0 Å². The van der Waals surface area contributed by atoms with Crippen molar-refractivity contribution >= 4 is 45.0 Å². The van der Waals surface area contributed by atoms with Gasteiger partial charge in [0.1, 0.15) is 0 Å². The number of nitrogens with zero attached hydrogens (tertiary/aromatic N) is 1. The second-order valence-electron chi connectivity index (χ2n) is 4.89. The molecule has 0 amide bonds. The fourth-order valence-corrected chi connectivity index (χ4v) is 2.97. The summed E-state index contributed by atoms with van der Waals surface area (Å²) in [5, 5.41) is 3.78. The highest BCUT2D eigenvalue weighted by Crippen LogP contribution is 2.33. The topological polar surface area (TPSA) is 17.5 Å². The Balaban J connectivity index is 2.09. The van der Waals surface area contributed by atoms with Crippen molar-refractivity contribution in [2.45, 2.75) is 12.6 Å². The quantitative estimate of drug-likeness (QED) is 0.636. The van der Waals surface area contributed by atoms with Crippen LogP contribution in [0.1, 0.15) is 0 Å². The number of epoxide rings is 1. The van der Waals surface area contributed by atoms with Crippen molar-refractivity contribution in [1.29, 1.82) is 0 Å². The lowest BCUT2D eigenvalue weighted by atomic mass is 10.1. The molecule has 2 aromatic carbocycles. The molecule has 1 aliphatic heterocycles. The number of fused-ring (bicyclic) bond motifs is 3. The fraction of sp³-hybridized carbons (Fsp3) is 0.200. The Morgan fingerprint density at radius 1 is 1.00 bits per heavy atom. The molecule has 2 nitrogen and oxygen atoms in total. The van der Waals surface area contributed by atoms with Crippen LogP contribution in [0, 0.1) is 0 Å². The summed E-state index contributed by atoms with van der Waals surface area (Å²) in [7, 11) is 0. The zero-order valence-corrected chi connectivity index (χ0v) is 11.6. The van der Waals surface area contributed by atoms with Crippen LogP contribution in [-0.4, -0.2) is 17.3 Å². The molecule has 0 saturated carbocycles. The van der Waals surface area contributed by atoms with E-state index in [1.54, 1.807) is 0 Å². The third kappa shape index (κ3) is 1.91. The Kier molecular flexibility index (Phi) is 2.52. The molecule has 1 aliphatic rings. The zero-order valence-electron chi connectivity index (χ0n) is 10.1. The number of ether oxygens (including phenoxy) is 1. The predicted octanol–water partition coefficient (Wildman–Crippen LogP) is 4.50. The second-order valence-corrected chi connectivity index (χ2v) is 5.76. The normalized spacial score (nSPS) is 18.3. The average Bonchev–Trinajstić information content (AvgIpc) is 3.16. The summed E-state index contributed by atoms with van der Waals surface area (Å²) in [5.41, 5.74) is 2.36. The number of hydrogen-bond acceptors (Lipinski definition) is 1. The largest absolute Gasteiger partial charge is 0.371 e. The highest BCUT2D eigenvalue weighted by molar-refractivity contribution is 6.33. The van der Waals surface area contributed by atoms with Crippen molar-refractivity contribution in [2.75, 3.05) is 6.61 Å². The minimum Gasteiger partial charge on any atom is -0.371 e. The molecule has 0 radical (unpaired) electrons. The second kappa shape index (κ2) is 4.14. The summed E-state index contributed by atoms with van der Waals surface area (Å²) in [5.74, 6) is 0. The van der Waals surface area contributed by atoms with Crippen LogP contribution in [0.15, 0.2) is 36.4 Å². The summed E-state index contributed by atoms with van der Waals surface area (Å²) in [6.07, 6.45) is 0.338. The van der Waals surface area contributed by atoms with Crippen molar-refractivity contribution in [2.24, 2.45) is 0 Å². The zero-order chi connectivity index (χ0) is 13.0. The molecule has 3 aromatic rings. The van der Waals surface area contributed by atoms with Crippen LogP contribution in [0.25, 0.3) is 21.8 Å². The maximum Gasteiger partial charge on any atom is 0.0988 e. The van der Waals surface area contributed by atoms with Crippen molar-refractivity contribution in [3.05, 3.63) is 46.4 Å². The molecule has 19 heavy (non-hydrogen) atoms. The van der Waals surface area contributed by atoms with Gasteiger partial charge < -0.3 is 9.30 Å². The Morgan fingerprint density at radius 3 is 2.00 bits per heavy atom. The summed E-state index contributed by atoms with van der Waals surface area (Å²) < 4.78 is 7.64. The van der Waals surface area contributed by atoms with Crippen LogP contribution in [0.5, 0.6) is 0 Å². The maximum atomic E-state index is 6.12. The van der Waals surface area contributed by atoms with Crippen LogP contribution in [0.4, 0.5) is 0 Å². The number of benzene rings is 2. The lowest BCUT2D eigenvalue weighted by molar-refractivity contribution is 0.387. The van der Waals surface area contributed by atoms with Gasteiger partial charge in [-0.15, -0.1) is 0 Å². The molecule has 0 bridgehead atoms. The van der Waals surface area contributed by atoms with E-state index >= 15 is 0 Å². The lowest BCUT2D eigenvalue weighted by Gasteiger charge is -2.04. The Labute approximate surface area is 120 Å². The van der Waals surface area contributed by atoms with E-state index in [0.29, 0.717) is 6.10 Å². The summed E-state index contributed by atoms with van der Waals surface area (Å²) in [6, 6.07) is 12.0. The number of rotatable bonds is 2. The van der Waals surface area contributed by atoms with E-state index in [4.69, 9.17) is 27.9 Å². The van der Waals surface area contributed by atoms with Gasteiger partial charge in [0.05, 0.1) is 19.3 Å². The van der Waals surface area contributed by atoms with Gasteiger partial charge in [-0.3, -0.25) is 0 Å². The molecule has 1 fully saturated rings. The van der Waals surface area contributed by atoms with Crippen molar-refractivity contribution in [3.63, 3.8) is 0 Å². The van der Waals surface area contributed by atoms with E-state index < -0.39 is 0 Å². The van der Waals surface area contributed by atoms with E-state index in [2.05, 4.69) is 16.7 Å². The lowest BCUT2D eigenvalue weighted by Crippen LogP contribution is -2.03. The minimum atomic E-state index is 0.338. The van der Waals surface area contributed by atoms with E-state index in [-0.39, 0.29) is 0 Å². The van der Waals surface area contributed by atoms with Crippen molar-refractivity contribution in [1.82, 2.24) is 4.57 Å². The van der Waals surface area contributed by atoms with Gasteiger partial charge in [0.25, 0.3) is 0 Å². The molecule has 0 spiro atoms. The molecule has 0 N–H and O–H groups in total. The molecule has 4 heteroatoms. The minimum absolute atomic E-state index is 0.338. The van der Waals surface area contributed by atoms with Gasteiger partial charge in [-0.05, 0) is 36.4 Å². The molecule has 1 saturated heterocycles. The molecule has 0 unspecified atom stereocenters. The molecule has 1 aromatic heterocycles. The van der Waals surface area contributed by atoms with Gasteiger partial charge in [0.2, 0.25) is 0 Å². The number of aromatic nitrogens is 1. The molecule has 0 aliphatic carbocycles. The summed E-state index contributed by atoms with van der Waals surface area (Å²) in [4.78, 5) is 0. The summed E-state index contributed by atoms with van der Waals surface area (Å²) in [6.45, 7) is 1.73. The molecular weight excluding hydrogens is 281 g/mol. The van der Waals surface area contributed by atoms with Crippen LogP contribution < -0.4 is 0 Å². The van der Waals surface area contributed by atoms with Crippen LogP contribution in [0.3, 0.4) is 0 Å². The molecule has 1 atom stereocenters. The fourth-order valence-electron chi connectivity index (χ4n) is 2.62. The van der Waals surface area contributed by atoms with Gasteiger partial charge >= 0.3 is 0 Å². The smallest absolute Gasteiger partial charge is 0.0988 e. The highest BCUT2D eigenvalue weighted by atomic mass is 35.5. The highest BCUT2D eigenvalue weighted by Gasteiger charge is 2.24. The van der Waals surface area contributed by atoms with Gasteiger partial charge in [-0.1, -0.05) is 23.2 Å². The van der Waals surface area contributed by atoms with Crippen LogP contribution >= 0.6 is 23.2 Å². The Hall–Kier alpha value is -1.22. The summed E-state index contributed by atoms with van der Waals surface area (Å²) >= 11 is 12.2. The standard InChI is InChI=1S/C15H11Cl2NO/c16-9-1-3-14-12(5-9)13-6-10(17)2-4-15(13)18(14)7-11-8-19-11/h1-6,11H,7-8H2/t11-/m0/s1. The number of hydrogen-bond donors (Lipinski definition) is 0. The average molecular weight is 292 g/mol. The Morgan fingerprint density at radius 2 is 1.53 bits per heavy atom. The van der Waals surface area contributed by atoms with Crippen LogP contribution in [0.2, 0.25) is 10.0 Å². The van der Waals surface area contributed by atoms with Gasteiger partial charge in [-0.2, -0.15) is 0 Å². The predicted molar refractivity (Wildman–Crippen MR) is 79.2 cm³/mol. The van der Waals surface area contributed by atoms with E-state index in [0.717, 1.165) is 34.0 Å². The number of halogens is 2. The third-order valence-corrected chi connectivity index (χ3v) is 4.05. The molecular formula is C15H11Cl2NO. The Bertz CT molecular complexity index is 730. The molecule has 4 rings (SSSR count). The van der Waals surface area contributed by atoms with E-state index in [1.807, 2.05) is 24.3 Å². The maximum absolute atomic E-state index is 6.12. The third-order valence-electron chi connectivity index (χ3n) is 3.58. The molecule has 2 heterocycles. The monoisotopic (exact) mass is 291 g/mol. The van der Waals surface area contributed by atoms with Crippen molar-refractivity contribution in [3.8, 4) is 0 Å². The van der Waals surface area contributed by atoms with Crippen LogP contribution in [-0.2, 0) is 11.3 Å².